The van der Waals surface area contributed by atoms with Crippen molar-refractivity contribution in [3.8, 4) is 11.3 Å². The van der Waals surface area contributed by atoms with Gasteiger partial charge in [-0.25, -0.2) is 4.98 Å². The number of carbonyl (C=O) groups excluding carboxylic acids is 1. The van der Waals surface area contributed by atoms with Gasteiger partial charge in [0.25, 0.3) is 0 Å². The molecule has 3 aromatic rings. The van der Waals surface area contributed by atoms with Gasteiger partial charge in [-0.2, -0.15) is 0 Å². The molecule has 0 saturated heterocycles. The molecule has 21 heavy (non-hydrogen) atoms. The standard InChI is InChI=1S/C17H16N2OS/c1-19(2)17(20)10-16-18-15(11-21-16)14-8-7-12-5-3-4-6-13(12)9-14/h3-9,11H,10H2,1-2H3. The number of benzene rings is 2. The fourth-order valence-corrected chi connectivity index (χ4v) is 2.96. The summed E-state index contributed by atoms with van der Waals surface area (Å²) in [6, 6.07) is 14.6. The smallest absolute Gasteiger partial charge is 0.228 e. The number of carbonyl (C=O) groups is 1. The quantitative estimate of drug-likeness (QED) is 0.740. The minimum atomic E-state index is 0.0782. The van der Waals surface area contributed by atoms with Crippen molar-refractivity contribution in [2.24, 2.45) is 0 Å². The van der Waals surface area contributed by atoms with Crippen molar-refractivity contribution in [2.45, 2.75) is 6.42 Å². The van der Waals surface area contributed by atoms with E-state index in [-0.39, 0.29) is 5.91 Å². The zero-order chi connectivity index (χ0) is 14.8. The van der Waals surface area contributed by atoms with E-state index in [0.717, 1.165) is 16.3 Å². The third-order valence-electron chi connectivity index (χ3n) is 3.40. The van der Waals surface area contributed by atoms with E-state index in [1.165, 1.54) is 22.1 Å². The highest BCUT2D eigenvalue weighted by Gasteiger charge is 2.10. The maximum Gasteiger partial charge on any atom is 0.228 e. The summed E-state index contributed by atoms with van der Waals surface area (Å²) in [5.41, 5.74) is 2.03. The molecule has 3 rings (SSSR count). The molecule has 0 N–H and O–H groups in total. The van der Waals surface area contributed by atoms with E-state index in [1.807, 2.05) is 17.5 Å². The van der Waals surface area contributed by atoms with Crippen LogP contribution < -0.4 is 0 Å². The molecule has 0 aliphatic heterocycles. The molecule has 0 aliphatic carbocycles. The molecule has 4 heteroatoms. The van der Waals surface area contributed by atoms with E-state index < -0.39 is 0 Å². The Balaban J connectivity index is 1.89. The highest BCUT2D eigenvalue weighted by molar-refractivity contribution is 7.10. The van der Waals surface area contributed by atoms with Gasteiger partial charge in [-0.1, -0.05) is 36.4 Å². The van der Waals surface area contributed by atoms with E-state index >= 15 is 0 Å². The average Bonchev–Trinajstić information content (AvgIpc) is 2.95. The Morgan fingerprint density at radius 3 is 2.67 bits per heavy atom. The van der Waals surface area contributed by atoms with Crippen molar-refractivity contribution < 1.29 is 4.79 Å². The Labute approximate surface area is 127 Å². The summed E-state index contributed by atoms with van der Waals surface area (Å²) in [4.78, 5) is 17.9. The zero-order valence-electron chi connectivity index (χ0n) is 12.0. The fraction of sp³-hybridized carbons (Fsp3) is 0.176. The lowest BCUT2D eigenvalue weighted by Gasteiger charge is -2.07. The zero-order valence-corrected chi connectivity index (χ0v) is 12.9. The van der Waals surface area contributed by atoms with Crippen LogP contribution in [-0.4, -0.2) is 29.9 Å². The predicted molar refractivity (Wildman–Crippen MR) is 87.5 cm³/mol. The topological polar surface area (TPSA) is 33.2 Å². The molecule has 0 spiro atoms. The Bertz CT molecular complexity index is 792. The van der Waals surface area contributed by atoms with Crippen molar-refractivity contribution >= 4 is 28.0 Å². The lowest BCUT2D eigenvalue weighted by molar-refractivity contribution is -0.127. The monoisotopic (exact) mass is 296 g/mol. The fourth-order valence-electron chi connectivity index (χ4n) is 2.16. The number of hydrogen-bond donors (Lipinski definition) is 0. The van der Waals surface area contributed by atoms with Crippen LogP contribution in [0.15, 0.2) is 47.8 Å². The van der Waals surface area contributed by atoms with Crippen LogP contribution in [0.3, 0.4) is 0 Å². The van der Waals surface area contributed by atoms with Crippen LogP contribution in [0, 0.1) is 0 Å². The van der Waals surface area contributed by atoms with Gasteiger partial charge in [-0.05, 0) is 16.8 Å². The van der Waals surface area contributed by atoms with Crippen molar-refractivity contribution in [3.05, 3.63) is 52.9 Å². The maximum absolute atomic E-state index is 11.7. The molecule has 0 aliphatic rings. The molecule has 0 radical (unpaired) electrons. The minimum Gasteiger partial charge on any atom is -0.348 e. The van der Waals surface area contributed by atoms with Crippen LogP contribution in [0.2, 0.25) is 0 Å². The van der Waals surface area contributed by atoms with Crippen LogP contribution in [-0.2, 0) is 11.2 Å². The highest BCUT2D eigenvalue weighted by atomic mass is 32.1. The number of rotatable bonds is 3. The second kappa shape index (κ2) is 5.66. The normalized spacial score (nSPS) is 10.8. The second-order valence-corrected chi connectivity index (χ2v) is 6.10. The first kappa shape index (κ1) is 13.8. The van der Waals surface area contributed by atoms with Crippen LogP contribution >= 0.6 is 11.3 Å². The lowest BCUT2D eigenvalue weighted by Crippen LogP contribution is -2.23. The number of hydrogen-bond acceptors (Lipinski definition) is 3. The van der Waals surface area contributed by atoms with Gasteiger partial charge in [0.05, 0.1) is 12.1 Å². The van der Waals surface area contributed by atoms with E-state index in [9.17, 15) is 4.79 Å². The Kier molecular flexibility index (Phi) is 3.71. The average molecular weight is 296 g/mol. The molecule has 0 bridgehead atoms. The number of aromatic nitrogens is 1. The van der Waals surface area contributed by atoms with Crippen molar-refractivity contribution in [1.29, 1.82) is 0 Å². The molecule has 3 nitrogen and oxygen atoms in total. The van der Waals surface area contributed by atoms with Crippen molar-refractivity contribution in [3.63, 3.8) is 0 Å². The molecule has 1 aromatic heterocycles. The van der Waals surface area contributed by atoms with E-state index in [1.54, 1.807) is 19.0 Å². The van der Waals surface area contributed by atoms with Gasteiger partial charge in [0.2, 0.25) is 5.91 Å². The van der Waals surface area contributed by atoms with E-state index in [4.69, 9.17) is 0 Å². The molecular weight excluding hydrogens is 280 g/mol. The molecule has 2 aromatic carbocycles. The van der Waals surface area contributed by atoms with Gasteiger partial charge in [-0.15, -0.1) is 11.3 Å². The van der Waals surface area contributed by atoms with Gasteiger partial charge in [0.1, 0.15) is 5.01 Å². The van der Waals surface area contributed by atoms with Crippen LogP contribution in [0.5, 0.6) is 0 Å². The molecule has 0 unspecified atom stereocenters. The van der Waals surface area contributed by atoms with Crippen LogP contribution in [0.25, 0.3) is 22.0 Å². The maximum atomic E-state index is 11.7. The molecule has 0 saturated carbocycles. The highest BCUT2D eigenvalue weighted by Crippen LogP contribution is 2.26. The van der Waals surface area contributed by atoms with Gasteiger partial charge < -0.3 is 4.90 Å². The summed E-state index contributed by atoms with van der Waals surface area (Å²) >= 11 is 1.54. The first-order valence-corrected chi connectivity index (χ1v) is 7.65. The predicted octanol–water partition coefficient (Wildman–Crippen LogP) is 3.59. The number of likely N-dealkylation sites (N-methyl/N-ethyl adjacent to an activating group) is 1. The van der Waals surface area contributed by atoms with Gasteiger partial charge in [0, 0.05) is 25.0 Å². The Morgan fingerprint density at radius 2 is 1.90 bits per heavy atom. The summed E-state index contributed by atoms with van der Waals surface area (Å²) in [6.07, 6.45) is 0.366. The Hall–Kier alpha value is -2.20. The van der Waals surface area contributed by atoms with Gasteiger partial charge in [-0.3, -0.25) is 4.79 Å². The number of nitrogens with zero attached hydrogens (tertiary/aromatic N) is 2. The summed E-state index contributed by atoms with van der Waals surface area (Å²) in [7, 11) is 3.53. The molecule has 1 amide bonds. The largest absolute Gasteiger partial charge is 0.348 e. The van der Waals surface area contributed by atoms with Gasteiger partial charge in [0.15, 0.2) is 0 Å². The first-order chi connectivity index (χ1) is 10.1. The van der Waals surface area contributed by atoms with Crippen molar-refractivity contribution in [2.75, 3.05) is 14.1 Å². The molecular formula is C17H16N2OS. The van der Waals surface area contributed by atoms with Crippen molar-refractivity contribution in [1.82, 2.24) is 9.88 Å². The third-order valence-corrected chi connectivity index (χ3v) is 4.25. The minimum absolute atomic E-state index is 0.0782. The third kappa shape index (κ3) is 2.95. The molecule has 0 atom stereocenters. The van der Waals surface area contributed by atoms with E-state index in [0.29, 0.717) is 6.42 Å². The van der Waals surface area contributed by atoms with Gasteiger partial charge >= 0.3 is 0 Å². The second-order valence-electron chi connectivity index (χ2n) is 5.15. The first-order valence-electron chi connectivity index (χ1n) is 6.77. The molecule has 0 fully saturated rings. The Morgan fingerprint density at radius 1 is 1.14 bits per heavy atom. The SMILES string of the molecule is CN(C)C(=O)Cc1nc(-c2ccc3ccccc3c2)cs1. The van der Waals surface area contributed by atoms with E-state index in [2.05, 4.69) is 35.3 Å². The lowest BCUT2D eigenvalue weighted by atomic mass is 10.1. The summed E-state index contributed by atoms with van der Waals surface area (Å²) < 4.78 is 0. The summed E-state index contributed by atoms with van der Waals surface area (Å²) in [6.45, 7) is 0. The van der Waals surface area contributed by atoms with Crippen LogP contribution in [0.1, 0.15) is 5.01 Å². The number of amides is 1. The van der Waals surface area contributed by atoms with Crippen LogP contribution in [0.4, 0.5) is 0 Å². The summed E-state index contributed by atoms with van der Waals surface area (Å²) in [5.74, 6) is 0.0782. The molecule has 106 valence electrons. The molecule has 1 heterocycles. The summed E-state index contributed by atoms with van der Waals surface area (Å²) in [5, 5.41) is 5.30. The number of fused-ring (bicyclic) bond motifs is 1. The number of thiazole rings is 1.